The molecule has 9 nitrogen and oxygen atoms in total. The molecule has 2 aromatic carbocycles. The van der Waals surface area contributed by atoms with E-state index < -0.39 is 35.1 Å². The van der Waals surface area contributed by atoms with Crippen molar-refractivity contribution in [1.29, 1.82) is 0 Å². The Hall–Kier alpha value is -3.95. The Bertz CT molecular complexity index is 1490. The first kappa shape index (κ1) is 35.4. The molecule has 258 valence electrons. The Labute approximate surface area is 285 Å². The summed E-state index contributed by atoms with van der Waals surface area (Å²) in [5.74, 6) is -1.89. The predicted octanol–water partition coefficient (Wildman–Crippen LogP) is 5.24. The monoisotopic (exact) mass is 657 g/mol. The van der Waals surface area contributed by atoms with Crippen molar-refractivity contribution in [2.75, 3.05) is 31.2 Å². The van der Waals surface area contributed by atoms with Crippen LogP contribution in [0.15, 0.2) is 79.9 Å². The molecule has 5 rings (SSSR count). The Morgan fingerprint density at radius 1 is 1.08 bits per heavy atom. The Morgan fingerprint density at radius 2 is 1.75 bits per heavy atom. The molecule has 3 fully saturated rings. The number of nitrogens with zero attached hydrogens (tertiary/aromatic N) is 3. The van der Waals surface area contributed by atoms with Crippen LogP contribution in [-0.2, 0) is 25.7 Å². The van der Waals surface area contributed by atoms with Crippen molar-refractivity contribution in [3.8, 4) is 5.75 Å². The average molecular weight is 658 g/mol. The standard InChI is InChI=1S/C39H51N3O6/c1-8-20-40(24-28-14-12-11-13-15-28)37(46)34-39-23-27(6)38(7,48-39)32(33(39)36(45)42(34)30(25-43)22-26(4)5)35(44)41(21-9-2)29-16-18-31(19-17-29)47-10-3/h8-9,11-19,26-27,30,32-34,43H,1-2,10,20-25H2,3-7H3/t27?,30-,32+,33+,34?,38-,39?/m1/s1. The zero-order chi connectivity index (χ0) is 34.8. The summed E-state index contributed by atoms with van der Waals surface area (Å²) >= 11 is 0. The van der Waals surface area contributed by atoms with E-state index >= 15 is 0 Å². The number of anilines is 1. The lowest BCUT2D eigenvalue weighted by molar-refractivity contribution is -0.156. The van der Waals surface area contributed by atoms with Crippen LogP contribution in [0.3, 0.4) is 0 Å². The smallest absolute Gasteiger partial charge is 0.249 e. The van der Waals surface area contributed by atoms with Crippen LogP contribution in [0.5, 0.6) is 5.75 Å². The molecule has 1 spiro atoms. The van der Waals surface area contributed by atoms with Crippen LogP contribution >= 0.6 is 0 Å². The first-order valence-electron chi connectivity index (χ1n) is 17.2. The highest BCUT2D eigenvalue weighted by molar-refractivity contribution is 6.03. The molecule has 3 unspecified atom stereocenters. The highest BCUT2D eigenvalue weighted by Gasteiger charge is 2.80. The van der Waals surface area contributed by atoms with Crippen LogP contribution in [0.4, 0.5) is 5.69 Å². The number of aliphatic hydroxyl groups is 1. The maximum Gasteiger partial charge on any atom is 0.249 e. The van der Waals surface area contributed by atoms with Gasteiger partial charge in [0.05, 0.1) is 36.7 Å². The van der Waals surface area contributed by atoms with E-state index in [2.05, 4.69) is 13.2 Å². The van der Waals surface area contributed by atoms with Crippen LogP contribution < -0.4 is 9.64 Å². The number of carbonyl (C=O) groups is 3. The number of benzene rings is 2. The average Bonchev–Trinajstić information content (AvgIpc) is 3.59. The summed E-state index contributed by atoms with van der Waals surface area (Å²) in [6, 6.07) is 15.4. The van der Waals surface area contributed by atoms with E-state index in [0.717, 1.165) is 5.56 Å². The van der Waals surface area contributed by atoms with Crippen LogP contribution in [0, 0.1) is 23.7 Å². The predicted molar refractivity (Wildman–Crippen MR) is 186 cm³/mol. The molecule has 1 N–H and O–H groups in total. The van der Waals surface area contributed by atoms with Crippen molar-refractivity contribution in [3.63, 3.8) is 0 Å². The molecule has 3 heterocycles. The van der Waals surface area contributed by atoms with Crippen molar-refractivity contribution in [2.24, 2.45) is 23.7 Å². The number of fused-ring (bicyclic) bond motifs is 1. The van der Waals surface area contributed by atoms with Crippen LogP contribution in [0.25, 0.3) is 0 Å². The zero-order valence-electron chi connectivity index (χ0n) is 29.0. The maximum absolute atomic E-state index is 15.0. The fourth-order valence-electron chi connectivity index (χ4n) is 8.42. The summed E-state index contributed by atoms with van der Waals surface area (Å²) < 4.78 is 12.7. The van der Waals surface area contributed by atoms with Gasteiger partial charge in [0, 0.05) is 25.3 Å². The highest BCUT2D eigenvalue weighted by Crippen LogP contribution is 2.66. The second-order valence-corrected chi connectivity index (χ2v) is 14.1. The second-order valence-electron chi connectivity index (χ2n) is 14.1. The van der Waals surface area contributed by atoms with Gasteiger partial charge in [-0.1, -0.05) is 63.3 Å². The number of aliphatic hydroxyl groups excluding tert-OH is 1. The number of carbonyl (C=O) groups excluding carboxylic acids is 3. The van der Waals surface area contributed by atoms with Gasteiger partial charge in [-0.05, 0) is 68.4 Å². The zero-order valence-corrected chi connectivity index (χ0v) is 29.0. The van der Waals surface area contributed by atoms with Crippen LogP contribution in [-0.4, -0.2) is 82.2 Å². The third kappa shape index (κ3) is 6.07. The molecular weight excluding hydrogens is 606 g/mol. The third-order valence-corrected chi connectivity index (χ3v) is 10.5. The number of hydrogen-bond donors (Lipinski definition) is 1. The molecule has 48 heavy (non-hydrogen) atoms. The quantitative estimate of drug-likeness (QED) is 0.263. The van der Waals surface area contributed by atoms with Crippen LogP contribution in [0.1, 0.15) is 53.0 Å². The second kappa shape index (κ2) is 14.3. The first-order chi connectivity index (χ1) is 23.0. The van der Waals surface area contributed by atoms with Crippen molar-refractivity contribution in [1.82, 2.24) is 9.80 Å². The van der Waals surface area contributed by atoms with E-state index in [0.29, 0.717) is 37.4 Å². The summed E-state index contributed by atoms with van der Waals surface area (Å²) in [6.07, 6.45) is 4.28. The van der Waals surface area contributed by atoms with E-state index in [1.54, 1.807) is 26.9 Å². The van der Waals surface area contributed by atoms with Gasteiger partial charge in [0.2, 0.25) is 17.7 Å². The normalized spacial score (nSPS) is 27.9. The summed E-state index contributed by atoms with van der Waals surface area (Å²) in [6.45, 7) is 18.8. The van der Waals surface area contributed by atoms with Gasteiger partial charge in [-0.3, -0.25) is 14.4 Å². The van der Waals surface area contributed by atoms with Gasteiger partial charge < -0.3 is 29.3 Å². The van der Waals surface area contributed by atoms with Crippen molar-refractivity contribution < 1.29 is 29.0 Å². The van der Waals surface area contributed by atoms with Crippen molar-refractivity contribution in [2.45, 2.75) is 77.3 Å². The largest absolute Gasteiger partial charge is 0.494 e. The molecule has 7 atom stereocenters. The molecule has 3 saturated heterocycles. The van der Waals surface area contributed by atoms with Gasteiger partial charge in [-0.2, -0.15) is 0 Å². The number of likely N-dealkylation sites (tertiary alicyclic amines) is 1. The van der Waals surface area contributed by atoms with Gasteiger partial charge in [0.15, 0.2) is 0 Å². The van der Waals surface area contributed by atoms with E-state index in [-0.39, 0.29) is 49.3 Å². The van der Waals surface area contributed by atoms with Gasteiger partial charge in [-0.15, -0.1) is 13.2 Å². The lowest BCUT2D eigenvalue weighted by atomic mass is 9.62. The van der Waals surface area contributed by atoms with E-state index in [9.17, 15) is 19.5 Å². The van der Waals surface area contributed by atoms with Gasteiger partial charge in [0.25, 0.3) is 0 Å². The van der Waals surface area contributed by atoms with Crippen molar-refractivity contribution >= 4 is 23.4 Å². The summed E-state index contributed by atoms with van der Waals surface area (Å²) in [5.41, 5.74) is -0.650. The topological polar surface area (TPSA) is 99.6 Å². The summed E-state index contributed by atoms with van der Waals surface area (Å²) in [4.78, 5) is 49.7. The fourth-order valence-corrected chi connectivity index (χ4v) is 8.42. The molecule has 3 aliphatic rings. The third-order valence-electron chi connectivity index (χ3n) is 10.5. The Morgan fingerprint density at radius 3 is 2.33 bits per heavy atom. The van der Waals surface area contributed by atoms with Gasteiger partial charge in [0.1, 0.15) is 17.4 Å². The number of hydrogen-bond acceptors (Lipinski definition) is 6. The molecule has 0 aliphatic carbocycles. The lowest BCUT2D eigenvalue weighted by Crippen LogP contribution is -2.59. The molecule has 0 radical (unpaired) electrons. The molecular formula is C39H51N3O6. The van der Waals surface area contributed by atoms with Crippen LogP contribution in [0.2, 0.25) is 0 Å². The molecule has 2 aromatic rings. The fraction of sp³-hybridized carbons (Fsp3) is 0.513. The minimum Gasteiger partial charge on any atom is -0.494 e. The van der Waals surface area contributed by atoms with E-state index in [4.69, 9.17) is 9.47 Å². The molecule has 9 heteroatoms. The molecule has 2 bridgehead atoms. The Kier molecular flexibility index (Phi) is 10.5. The molecule has 3 amide bonds. The van der Waals surface area contributed by atoms with Gasteiger partial charge >= 0.3 is 0 Å². The first-order valence-corrected chi connectivity index (χ1v) is 17.2. The molecule has 0 aromatic heterocycles. The number of rotatable bonds is 15. The Balaban J connectivity index is 1.61. The molecule has 0 saturated carbocycles. The van der Waals surface area contributed by atoms with E-state index in [1.165, 1.54) is 0 Å². The van der Waals surface area contributed by atoms with Crippen molar-refractivity contribution in [3.05, 3.63) is 85.5 Å². The number of amides is 3. The maximum atomic E-state index is 15.0. The summed E-state index contributed by atoms with van der Waals surface area (Å²) in [5, 5.41) is 10.7. The van der Waals surface area contributed by atoms with Gasteiger partial charge in [-0.25, -0.2) is 0 Å². The lowest BCUT2D eigenvalue weighted by Gasteiger charge is -2.40. The number of ether oxygens (including phenoxy) is 2. The SMILES string of the molecule is C=CCN(Cc1ccccc1)C(=O)C1N([C@@H](CO)CC(C)C)C(=O)[C@@H]2[C@@H](C(=O)N(CC=C)c3ccc(OCC)cc3)[C@]3(C)OC12CC3C. The minimum atomic E-state index is -1.25. The summed E-state index contributed by atoms with van der Waals surface area (Å²) in [7, 11) is 0. The highest BCUT2D eigenvalue weighted by atomic mass is 16.5. The minimum absolute atomic E-state index is 0.128. The van der Waals surface area contributed by atoms with E-state index in [1.807, 2.05) is 89.2 Å². The molecule has 3 aliphatic heterocycles.